The van der Waals surface area contributed by atoms with Crippen LogP contribution in [0.25, 0.3) is 21.9 Å². The molecule has 290 valence electrons. The third-order valence-corrected chi connectivity index (χ3v) is 9.73. The number of aromatic nitrogens is 4. The molecule has 0 atom stereocenters. The summed E-state index contributed by atoms with van der Waals surface area (Å²) in [4.78, 5) is 40.2. The zero-order valence-electron chi connectivity index (χ0n) is 32.0. The molecule has 0 aliphatic rings. The fraction of sp³-hybridized carbons (Fsp3) is 0.452. The van der Waals surface area contributed by atoms with Crippen molar-refractivity contribution in [2.45, 2.75) is 103 Å². The van der Waals surface area contributed by atoms with Crippen LogP contribution in [0.15, 0.2) is 66.1 Å². The Bertz CT molecular complexity index is 1930. The monoisotopic (exact) mass is 757 g/mol. The fourth-order valence-corrected chi connectivity index (χ4v) is 6.83. The molecule has 1 amide bonds. The van der Waals surface area contributed by atoms with Crippen molar-refractivity contribution in [1.29, 1.82) is 0 Å². The first kappa shape index (κ1) is 41.9. The Balaban J connectivity index is 0.000000385. The van der Waals surface area contributed by atoms with Gasteiger partial charge in [-0.25, -0.2) is 9.97 Å². The highest BCUT2D eigenvalue weighted by Gasteiger charge is 2.19. The van der Waals surface area contributed by atoms with Gasteiger partial charge in [0.1, 0.15) is 23.3 Å². The largest absolute Gasteiger partial charge is 0.506 e. The minimum atomic E-state index is -0.877. The number of phenolic OH excluding ortho intramolecular Hbond substituents is 1. The second kappa shape index (κ2) is 22.4. The number of anilines is 1. The lowest BCUT2D eigenvalue weighted by atomic mass is 10.0. The van der Waals surface area contributed by atoms with E-state index in [0.717, 1.165) is 34.2 Å². The van der Waals surface area contributed by atoms with Gasteiger partial charge in [0.15, 0.2) is 5.65 Å². The number of aromatic hydroxyl groups is 1. The number of ether oxygens (including phenoxy) is 2. The van der Waals surface area contributed by atoms with Gasteiger partial charge in [-0.1, -0.05) is 109 Å². The number of phenols is 1. The number of carbonyl (C=O) groups excluding carboxylic acids is 1. The van der Waals surface area contributed by atoms with Crippen LogP contribution in [0.1, 0.15) is 107 Å². The van der Waals surface area contributed by atoms with Gasteiger partial charge in [-0.3, -0.25) is 9.59 Å². The van der Waals surface area contributed by atoms with Crippen LogP contribution >= 0.6 is 11.8 Å². The van der Waals surface area contributed by atoms with E-state index in [0.29, 0.717) is 53.2 Å². The Morgan fingerprint density at radius 2 is 1.59 bits per heavy atom. The molecule has 0 unspecified atom stereocenters. The van der Waals surface area contributed by atoms with Crippen molar-refractivity contribution in [3.8, 4) is 17.4 Å². The van der Waals surface area contributed by atoms with Crippen LogP contribution in [0.4, 0.5) is 5.69 Å². The Kier molecular flexibility index (Phi) is 17.4. The Morgan fingerprint density at radius 3 is 2.30 bits per heavy atom. The number of nitrogens with one attached hydrogen (secondary N) is 2. The predicted octanol–water partition coefficient (Wildman–Crippen LogP) is 10.4. The molecule has 0 aliphatic carbocycles. The molecule has 0 radical (unpaired) electrons. The number of aromatic amines is 1. The normalized spacial score (nSPS) is 11.1. The summed E-state index contributed by atoms with van der Waals surface area (Å²) in [5.41, 5.74) is 3.07. The molecule has 0 spiro atoms. The SMILES string of the molecule is CC(C)COc1ncnc2nc[nH]c12.CCCCCCCCCCCCOc1ccc(C)cc1NC(=O)c1cc(SCCC(=O)O)c2ccccc2c1O. The summed E-state index contributed by atoms with van der Waals surface area (Å²) in [6.45, 7) is 9.59. The number of fused-ring (bicyclic) bond motifs is 2. The molecule has 11 nitrogen and oxygen atoms in total. The van der Waals surface area contributed by atoms with Crippen molar-refractivity contribution in [2.24, 2.45) is 5.92 Å². The van der Waals surface area contributed by atoms with Crippen LogP contribution in [0.5, 0.6) is 17.4 Å². The number of carboxylic acids is 1. The Labute approximate surface area is 322 Å². The topological polar surface area (TPSA) is 160 Å². The first-order chi connectivity index (χ1) is 26.2. The highest BCUT2D eigenvalue weighted by Crippen LogP contribution is 2.38. The van der Waals surface area contributed by atoms with E-state index in [1.54, 1.807) is 24.5 Å². The number of carboxylic acid groups (broad SMARTS) is 1. The maximum absolute atomic E-state index is 13.4. The lowest BCUT2D eigenvalue weighted by Crippen LogP contribution is -2.14. The number of unbranched alkanes of at least 4 members (excludes halogenated alkanes) is 9. The number of imidazole rings is 1. The first-order valence-corrected chi connectivity index (χ1v) is 20.1. The van der Waals surface area contributed by atoms with E-state index in [1.807, 2.05) is 37.3 Å². The number of amides is 1. The van der Waals surface area contributed by atoms with E-state index in [4.69, 9.17) is 14.6 Å². The zero-order chi connectivity index (χ0) is 38.7. The molecule has 5 rings (SSSR count). The molecule has 54 heavy (non-hydrogen) atoms. The molecule has 0 bridgehead atoms. The average Bonchev–Trinajstić information content (AvgIpc) is 3.65. The summed E-state index contributed by atoms with van der Waals surface area (Å²) in [6, 6.07) is 14.6. The highest BCUT2D eigenvalue weighted by atomic mass is 32.2. The summed E-state index contributed by atoms with van der Waals surface area (Å²) in [5, 5.41) is 24.3. The summed E-state index contributed by atoms with van der Waals surface area (Å²) >= 11 is 1.36. The third-order valence-electron chi connectivity index (χ3n) is 8.68. The number of carbonyl (C=O) groups is 2. The van der Waals surface area contributed by atoms with Crippen LogP contribution < -0.4 is 14.8 Å². The molecule has 4 N–H and O–H groups in total. The minimum absolute atomic E-state index is 0.00440. The lowest BCUT2D eigenvalue weighted by molar-refractivity contribution is -0.136. The van der Waals surface area contributed by atoms with Crippen molar-refractivity contribution in [3.63, 3.8) is 0 Å². The Hall–Kier alpha value is -4.84. The number of benzene rings is 3. The van der Waals surface area contributed by atoms with Gasteiger partial charge < -0.3 is 30.0 Å². The van der Waals surface area contributed by atoms with E-state index in [-0.39, 0.29) is 17.7 Å². The van der Waals surface area contributed by atoms with E-state index >= 15 is 0 Å². The molecule has 0 saturated heterocycles. The van der Waals surface area contributed by atoms with E-state index in [1.165, 1.54) is 69.5 Å². The van der Waals surface area contributed by atoms with Crippen molar-refractivity contribution < 1.29 is 29.3 Å². The number of aliphatic carboxylic acids is 1. The molecule has 0 saturated carbocycles. The van der Waals surface area contributed by atoms with Crippen LogP contribution in [0.3, 0.4) is 0 Å². The molecule has 2 aromatic heterocycles. The number of rotatable bonds is 21. The lowest BCUT2D eigenvalue weighted by Gasteiger charge is -2.16. The predicted molar refractivity (Wildman–Crippen MR) is 217 cm³/mol. The van der Waals surface area contributed by atoms with Crippen LogP contribution in [0.2, 0.25) is 0 Å². The highest BCUT2D eigenvalue weighted by molar-refractivity contribution is 7.99. The van der Waals surface area contributed by atoms with Crippen molar-refractivity contribution >= 4 is 51.3 Å². The van der Waals surface area contributed by atoms with Crippen LogP contribution in [-0.4, -0.2) is 61.0 Å². The standard InChI is InChI=1S/C33H43NO5S.C9H12N4O/c1-3-4-5-6-7-8-9-10-11-14-20-39-29-18-17-24(2)22-28(29)34-33(38)27-23-30(40-21-19-31(35)36)25-15-12-13-16-26(25)32(27)37;1-6(2)3-14-9-7-8(11-4-10-7)12-5-13-9/h12-13,15-18,22-23,37H,3-11,14,19-21H2,1-2H3,(H,34,38)(H,35,36);4-6H,3H2,1-2H3,(H,10,11,12,13). The molecule has 2 heterocycles. The summed E-state index contributed by atoms with van der Waals surface area (Å²) in [6.07, 6.45) is 15.6. The summed E-state index contributed by atoms with van der Waals surface area (Å²) in [5.74, 6) is 0.586. The van der Waals surface area contributed by atoms with Gasteiger partial charge >= 0.3 is 5.97 Å². The van der Waals surface area contributed by atoms with E-state index < -0.39 is 11.9 Å². The van der Waals surface area contributed by atoms with Gasteiger partial charge in [-0.15, -0.1) is 11.8 Å². The van der Waals surface area contributed by atoms with Crippen LogP contribution in [-0.2, 0) is 4.79 Å². The number of hydrogen-bond donors (Lipinski definition) is 4. The molecular weight excluding hydrogens is 703 g/mol. The molecule has 5 aromatic rings. The number of H-pyrrole nitrogens is 1. The second-order valence-electron chi connectivity index (χ2n) is 13.8. The van der Waals surface area contributed by atoms with Gasteiger partial charge in [0.2, 0.25) is 5.88 Å². The van der Waals surface area contributed by atoms with Crippen molar-refractivity contribution in [2.75, 3.05) is 24.3 Å². The average molecular weight is 758 g/mol. The number of aryl methyl sites for hydroxylation is 1. The van der Waals surface area contributed by atoms with E-state index in [2.05, 4.69) is 46.0 Å². The van der Waals surface area contributed by atoms with Crippen LogP contribution in [0, 0.1) is 12.8 Å². The molecular formula is C42H55N5O6S. The van der Waals surface area contributed by atoms with Gasteiger partial charge in [-0.2, -0.15) is 4.98 Å². The first-order valence-electron chi connectivity index (χ1n) is 19.1. The second-order valence-corrected chi connectivity index (χ2v) is 14.9. The molecule has 3 aromatic carbocycles. The van der Waals surface area contributed by atoms with Crippen molar-refractivity contribution in [1.82, 2.24) is 19.9 Å². The van der Waals surface area contributed by atoms with Gasteiger partial charge in [0.05, 0.1) is 37.2 Å². The summed E-state index contributed by atoms with van der Waals surface area (Å²) in [7, 11) is 0. The fourth-order valence-electron chi connectivity index (χ4n) is 5.79. The maximum atomic E-state index is 13.4. The van der Waals surface area contributed by atoms with Gasteiger partial charge in [0.25, 0.3) is 5.91 Å². The molecule has 12 heteroatoms. The minimum Gasteiger partial charge on any atom is -0.506 e. The quantitative estimate of drug-likeness (QED) is 0.0419. The molecule has 0 aliphatic heterocycles. The Morgan fingerprint density at radius 1 is 0.889 bits per heavy atom. The van der Waals surface area contributed by atoms with E-state index in [9.17, 15) is 14.7 Å². The number of nitrogens with zero attached hydrogens (tertiary/aromatic N) is 3. The zero-order valence-corrected chi connectivity index (χ0v) is 32.8. The van der Waals surface area contributed by atoms with Crippen molar-refractivity contribution in [3.05, 3.63) is 72.3 Å². The number of thioether (sulfide) groups is 1. The number of hydrogen-bond acceptors (Lipinski definition) is 9. The maximum Gasteiger partial charge on any atom is 0.304 e. The summed E-state index contributed by atoms with van der Waals surface area (Å²) < 4.78 is 11.6. The molecule has 0 fully saturated rings. The third kappa shape index (κ3) is 13.2. The van der Waals surface area contributed by atoms with Gasteiger partial charge in [0, 0.05) is 16.0 Å². The smallest absolute Gasteiger partial charge is 0.304 e. The van der Waals surface area contributed by atoms with Gasteiger partial charge in [-0.05, 0) is 48.4 Å².